The van der Waals surface area contributed by atoms with Crippen LogP contribution in [-0.4, -0.2) is 15.1 Å². The molecule has 0 saturated carbocycles. The molecule has 2 N–H and O–H groups in total. The number of hydrogen-bond donors (Lipinski definition) is 2. The summed E-state index contributed by atoms with van der Waals surface area (Å²) in [6.45, 7) is 0.604. The van der Waals surface area contributed by atoms with Gasteiger partial charge in [-0.3, -0.25) is 15.2 Å². The molecule has 0 saturated heterocycles. The van der Waals surface area contributed by atoms with Crippen molar-refractivity contribution >= 4 is 27.3 Å². The number of H-pyrrole nitrogens is 1. The summed E-state index contributed by atoms with van der Waals surface area (Å²) in [7, 11) is 0. The molecule has 0 amide bonds. The molecule has 0 aliphatic heterocycles. The average molecular weight is 297 g/mol. The minimum Gasteiger partial charge on any atom is -0.380 e. The SMILES string of the molecule is O=[N+]([O-])c1ccc(NCc2cn[nH]c2)c(Br)c1. The fourth-order valence-corrected chi connectivity index (χ4v) is 1.84. The summed E-state index contributed by atoms with van der Waals surface area (Å²) in [6.07, 6.45) is 3.50. The molecule has 2 aromatic rings. The van der Waals surface area contributed by atoms with Gasteiger partial charge in [0.25, 0.3) is 5.69 Å². The number of nitrogens with zero attached hydrogens (tertiary/aromatic N) is 2. The topological polar surface area (TPSA) is 83.8 Å². The Bertz CT molecular complexity index is 527. The third-order valence-corrected chi connectivity index (χ3v) is 2.86. The number of aromatic amines is 1. The molecule has 0 radical (unpaired) electrons. The van der Waals surface area contributed by atoms with Crippen molar-refractivity contribution in [2.75, 3.05) is 5.32 Å². The van der Waals surface area contributed by atoms with Gasteiger partial charge < -0.3 is 5.32 Å². The first kappa shape index (κ1) is 11.6. The Kier molecular flexibility index (Phi) is 3.38. The van der Waals surface area contributed by atoms with Gasteiger partial charge in [-0.25, -0.2) is 0 Å². The monoisotopic (exact) mass is 296 g/mol. The lowest BCUT2D eigenvalue weighted by Gasteiger charge is -2.06. The number of anilines is 1. The van der Waals surface area contributed by atoms with E-state index in [1.54, 1.807) is 18.5 Å². The molecule has 0 bridgehead atoms. The van der Waals surface area contributed by atoms with Crippen molar-refractivity contribution in [1.82, 2.24) is 10.2 Å². The van der Waals surface area contributed by atoms with Crippen LogP contribution < -0.4 is 5.32 Å². The zero-order valence-corrected chi connectivity index (χ0v) is 10.3. The van der Waals surface area contributed by atoms with Gasteiger partial charge in [-0.2, -0.15) is 5.10 Å². The highest BCUT2D eigenvalue weighted by Crippen LogP contribution is 2.27. The number of rotatable bonds is 4. The van der Waals surface area contributed by atoms with Gasteiger partial charge in [0.2, 0.25) is 0 Å². The van der Waals surface area contributed by atoms with Crippen LogP contribution in [0.25, 0.3) is 0 Å². The summed E-state index contributed by atoms with van der Waals surface area (Å²) >= 11 is 3.29. The molecule has 2 rings (SSSR count). The van der Waals surface area contributed by atoms with Crippen molar-refractivity contribution in [3.63, 3.8) is 0 Å². The lowest BCUT2D eigenvalue weighted by atomic mass is 10.2. The van der Waals surface area contributed by atoms with Gasteiger partial charge in [0.05, 0.1) is 11.1 Å². The first-order valence-corrected chi connectivity index (χ1v) is 5.61. The van der Waals surface area contributed by atoms with Crippen LogP contribution in [0.1, 0.15) is 5.56 Å². The molecule has 0 aliphatic rings. The molecule has 0 spiro atoms. The lowest BCUT2D eigenvalue weighted by molar-refractivity contribution is -0.384. The minimum atomic E-state index is -0.426. The van der Waals surface area contributed by atoms with E-state index in [-0.39, 0.29) is 5.69 Å². The maximum Gasteiger partial charge on any atom is 0.270 e. The van der Waals surface area contributed by atoms with Gasteiger partial charge in [-0.1, -0.05) is 0 Å². The fourth-order valence-electron chi connectivity index (χ4n) is 1.33. The molecule has 88 valence electrons. The number of hydrogen-bond acceptors (Lipinski definition) is 4. The van der Waals surface area contributed by atoms with E-state index in [0.717, 1.165) is 11.3 Å². The minimum absolute atomic E-state index is 0.0609. The van der Waals surface area contributed by atoms with Gasteiger partial charge in [0, 0.05) is 40.6 Å². The second kappa shape index (κ2) is 4.96. The number of nitro benzene ring substituents is 1. The third-order valence-electron chi connectivity index (χ3n) is 2.20. The van der Waals surface area contributed by atoms with Crippen LogP contribution in [0.2, 0.25) is 0 Å². The Morgan fingerprint density at radius 1 is 1.53 bits per heavy atom. The number of nitrogens with one attached hydrogen (secondary N) is 2. The first-order chi connectivity index (χ1) is 8.16. The lowest BCUT2D eigenvalue weighted by Crippen LogP contribution is -1.99. The first-order valence-electron chi connectivity index (χ1n) is 4.82. The molecule has 0 atom stereocenters. The second-order valence-corrected chi connectivity index (χ2v) is 4.24. The van der Waals surface area contributed by atoms with Crippen molar-refractivity contribution in [1.29, 1.82) is 0 Å². The van der Waals surface area contributed by atoms with E-state index in [2.05, 4.69) is 31.4 Å². The highest BCUT2D eigenvalue weighted by atomic mass is 79.9. The number of non-ortho nitro benzene ring substituents is 1. The van der Waals surface area contributed by atoms with E-state index in [9.17, 15) is 10.1 Å². The molecule has 0 unspecified atom stereocenters. The molecule has 6 nitrogen and oxygen atoms in total. The largest absolute Gasteiger partial charge is 0.380 e. The Labute approximate surface area is 105 Å². The van der Waals surface area contributed by atoms with Crippen molar-refractivity contribution in [3.05, 3.63) is 50.7 Å². The Hall–Kier alpha value is -1.89. The van der Waals surface area contributed by atoms with Crippen LogP contribution in [0.4, 0.5) is 11.4 Å². The summed E-state index contributed by atoms with van der Waals surface area (Å²) in [5.41, 5.74) is 1.87. The number of nitro groups is 1. The average Bonchev–Trinajstić information content (AvgIpc) is 2.80. The molecular formula is C10H9BrN4O2. The smallest absolute Gasteiger partial charge is 0.270 e. The molecular weight excluding hydrogens is 288 g/mol. The Balaban J connectivity index is 2.09. The third kappa shape index (κ3) is 2.82. The summed E-state index contributed by atoms with van der Waals surface area (Å²) in [5.74, 6) is 0. The highest BCUT2D eigenvalue weighted by molar-refractivity contribution is 9.10. The van der Waals surface area contributed by atoms with E-state index in [4.69, 9.17) is 0 Å². The summed E-state index contributed by atoms with van der Waals surface area (Å²) in [4.78, 5) is 10.1. The maximum atomic E-state index is 10.6. The summed E-state index contributed by atoms with van der Waals surface area (Å²) in [6, 6.07) is 4.60. The van der Waals surface area contributed by atoms with Gasteiger partial charge in [0.1, 0.15) is 0 Å². The van der Waals surface area contributed by atoms with E-state index in [1.165, 1.54) is 12.1 Å². The molecule has 0 aliphatic carbocycles. The predicted molar refractivity (Wildman–Crippen MR) is 66.7 cm³/mol. The van der Waals surface area contributed by atoms with E-state index in [1.807, 2.05) is 0 Å². The summed E-state index contributed by atoms with van der Waals surface area (Å²) < 4.78 is 0.662. The van der Waals surface area contributed by atoms with Gasteiger partial charge in [0.15, 0.2) is 0 Å². The standard InChI is InChI=1S/C10H9BrN4O2/c11-9-3-8(15(16)17)1-2-10(9)12-4-7-5-13-14-6-7/h1-3,5-6,12H,4H2,(H,13,14). The summed E-state index contributed by atoms with van der Waals surface area (Å²) in [5, 5.41) is 20.3. The van der Waals surface area contributed by atoms with Crippen molar-refractivity contribution in [2.45, 2.75) is 6.54 Å². The molecule has 0 fully saturated rings. The Morgan fingerprint density at radius 2 is 2.35 bits per heavy atom. The zero-order chi connectivity index (χ0) is 12.3. The Morgan fingerprint density at radius 3 is 2.94 bits per heavy atom. The quantitative estimate of drug-likeness (QED) is 0.671. The highest BCUT2D eigenvalue weighted by Gasteiger charge is 2.08. The molecule has 1 aromatic heterocycles. The van der Waals surface area contributed by atoms with Crippen LogP contribution in [-0.2, 0) is 6.54 Å². The van der Waals surface area contributed by atoms with Gasteiger partial charge in [-0.15, -0.1) is 0 Å². The zero-order valence-electron chi connectivity index (χ0n) is 8.68. The van der Waals surface area contributed by atoms with Crippen LogP contribution in [0, 0.1) is 10.1 Å². The number of halogens is 1. The molecule has 1 heterocycles. The van der Waals surface area contributed by atoms with E-state index >= 15 is 0 Å². The number of aromatic nitrogens is 2. The van der Waals surface area contributed by atoms with Crippen molar-refractivity contribution < 1.29 is 4.92 Å². The molecule has 7 heteroatoms. The van der Waals surface area contributed by atoms with Crippen LogP contribution in [0.3, 0.4) is 0 Å². The fraction of sp³-hybridized carbons (Fsp3) is 0.100. The second-order valence-electron chi connectivity index (χ2n) is 3.38. The van der Waals surface area contributed by atoms with Crippen LogP contribution in [0.15, 0.2) is 35.1 Å². The van der Waals surface area contributed by atoms with Crippen LogP contribution >= 0.6 is 15.9 Å². The van der Waals surface area contributed by atoms with Crippen molar-refractivity contribution in [2.24, 2.45) is 0 Å². The maximum absolute atomic E-state index is 10.6. The van der Waals surface area contributed by atoms with E-state index < -0.39 is 4.92 Å². The predicted octanol–water partition coefficient (Wildman–Crippen LogP) is 2.69. The molecule has 17 heavy (non-hydrogen) atoms. The van der Waals surface area contributed by atoms with Gasteiger partial charge in [-0.05, 0) is 22.0 Å². The van der Waals surface area contributed by atoms with Crippen molar-refractivity contribution in [3.8, 4) is 0 Å². The van der Waals surface area contributed by atoms with Gasteiger partial charge >= 0.3 is 0 Å². The normalized spacial score (nSPS) is 10.2. The number of benzene rings is 1. The molecule has 1 aromatic carbocycles. The van der Waals surface area contributed by atoms with E-state index in [0.29, 0.717) is 11.0 Å². The van der Waals surface area contributed by atoms with Crippen LogP contribution in [0.5, 0.6) is 0 Å².